The molecule has 0 aliphatic rings. The van der Waals surface area contributed by atoms with Crippen molar-refractivity contribution >= 4 is 31.2 Å². The number of sulfone groups is 1. The molecule has 166 valence electrons. The largest absolute Gasteiger partial charge is 0.468 e. The second-order valence-electron chi connectivity index (χ2n) is 6.72. The number of furan rings is 1. The lowest BCUT2D eigenvalue weighted by Gasteiger charge is -2.16. The maximum atomic E-state index is 13.1. The Balaban J connectivity index is 1.52. The molecule has 1 N–H and O–H groups in total. The summed E-state index contributed by atoms with van der Waals surface area (Å²) < 4.78 is 65.3. The van der Waals surface area contributed by atoms with E-state index >= 15 is 0 Å². The number of hydrogen-bond donors (Lipinski definition) is 1. The average molecular weight is 490 g/mol. The standard InChI is InChI=1S/C22H19NO6S3/c24-31(25,22-9-5-15-30-22)21(20-8-4-14-28-20)16-23-32(26,27)19-12-10-18(11-13-19)29-17-6-2-1-3-7-17/h1-15,21,23H,16H2/t21-/m1/s1. The monoisotopic (exact) mass is 489 g/mol. The lowest BCUT2D eigenvalue weighted by molar-refractivity contribution is 0.482. The summed E-state index contributed by atoms with van der Waals surface area (Å²) in [5, 5.41) is 0.446. The van der Waals surface area contributed by atoms with Crippen molar-refractivity contribution in [2.45, 2.75) is 14.4 Å². The highest BCUT2D eigenvalue weighted by atomic mass is 32.2. The summed E-state index contributed by atoms with van der Waals surface area (Å²) in [5.74, 6) is 1.26. The van der Waals surface area contributed by atoms with Crippen molar-refractivity contribution < 1.29 is 26.0 Å². The lowest BCUT2D eigenvalue weighted by Crippen LogP contribution is -2.31. The highest BCUT2D eigenvalue weighted by Gasteiger charge is 2.33. The number of nitrogens with one attached hydrogen (secondary N) is 1. The number of thiophene rings is 1. The molecule has 0 amide bonds. The summed E-state index contributed by atoms with van der Waals surface area (Å²) in [5.41, 5.74) is 0. The fourth-order valence-electron chi connectivity index (χ4n) is 2.98. The molecule has 1 atom stereocenters. The highest BCUT2D eigenvalue weighted by molar-refractivity contribution is 7.93. The summed E-state index contributed by atoms with van der Waals surface area (Å²) in [6.07, 6.45) is 1.35. The Kier molecular flexibility index (Phi) is 6.47. The van der Waals surface area contributed by atoms with E-state index in [1.165, 1.54) is 42.7 Å². The van der Waals surface area contributed by atoms with Gasteiger partial charge in [-0.05, 0) is 60.0 Å². The average Bonchev–Trinajstić information content (AvgIpc) is 3.50. The van der Waals surface area contributed by atoms with E-state index in [0.717, 1.165) is 11.3 Å². The minimum absolute atomic E-state index is 0.00960. The SMILES string of the molecule is O=S(=O)(NC[C@H](c1ccco1)S(=O)(=O)c1cccs1)c1ccc(Oc2ccccc2)cc1. The van der Waals surface area contributed by atoms with Gasteiger partial charge in [0.05, 0.1) is 11.2 Å². The summed E-state index contributed by atoms with van der Waals surface area (Å²) in [4.78, 5) is -0.00960. The van der Waals surface area contributed by atoms with Crippen molar-refractivity contribution in [1.29, 1.82) is 0 Å². The second kappa shape index (κ2) is 9.29. The molecular weight excluding hydrogens is 470 g/mol. The first-order valence-corrected chi connectivity index (χ1v) is 13.4. The third-order valence-electron chi connectivity index (χ3n) is 4.58. The molecular formula is C22H19NO6S3. The normalized spacial score (nSPS) is 13.0. The van der Waals surface area contributed by atoms with Gasteiger partial charge in [0, 0.05) is 6.54 Å². The van der Waals surface area contributed by atoms with E-state index in [4.69, 9.17) is 9.15 Å². The van der Waals surface area contributed by atoms with Crippen molar-refractivity contribution in [2.24, 2.45) is 0 Å². The first-order chi connectivity index (χ1) is 15.4. The van der Waals surface area contributed by atoms with Crippen LogP contribution >= 0.6 is 11.3 Å². The van der Waals surface area contributed by atoms with Gasteiger partial charge in [0.1, 0.15) is 26.7 Å². The molecule has 0 radical (unpaired) electrons. The Labute approximate surface area is 190 Å². The molecule has 0 saturated heterocycles. The molecule has 0 spiro atoms. The van der Waals surface area contributed by atoms with Crippen molar-refractivity contribution in [1.82, 2.24) is 4.72 Å². The van der Waals surface area contributed by atoms with Crippen molar-refractivity contribution in [3.05, 3.63) is 96.3 Å². The Morgan fingerprint density at radius 1 is 0.844 bits per heavy atom. The molecule has 2 heterocycles. The van der Waals surface area contributed by atoms with E-state index in [0.29, 0.717) is 11.5 Å². The minimum atomic E-state index is -3.97. The third-order valence-corrected chi connectivity index (χ3v) is 9.51. The van der Waals surface area contributed by atoms with Gasteiger partial charge in [-0.25, -0.2) is 21.6 Å². The van der Waals surface area contributed by atoms with Gasteiger partial charge in [-0.1, -0.05) is 24.3 Å². The predicted octanol–water partition coefficient (Wildman–Crippen LogP) is 4.63. The van der Waals surface area contributed by atoms with E-state index < -0.39 is 25.1 Å². The van der Waals surface area contributed by atoms with Gasteiger partial charge in [-0.2, -0.15) is 0 Å². The number of rotatable bonds is 9. The van der Waals surface area contributed by atoms with Gasteiger partial charge in [0.25, 0.3) is 0 Å². The van der Waals surface area contributed by atoms with E-state index in [1.54, 1.807) is 29.6 Å². The second-order valence-corrected chi connectivity index (χ2v) is 11.8. The van der Waals surface area contributed by atoms with Crippen LogP contribution in [0, 0.1) is 0 Å². The number of sulfonamides is 1. The van der Waals surface area contributed by atoms with Gasteiger partial charge < -0.3 is 9.15 Å². The quantitative estimate of drug-likeness (QED) is 0.368. The van der Waals surface area contributed by atoms with E-state index in [9.17, 15) is 16.8 Å². The van der Waals surface area contributed by atoms with Crippen molar-refractivity contribution in [3.8, 4) is 11.5 Å². The van der Waals surface area contributed by atoms with Crippen LogP contribution in [-0.4, -0.2) is 23.4 Å². The zero-order chi connectivity index (χ0) is 22.6. The number of para-hydroxylation sites is 1. The maximum Gasteiger partial charge on any atom is 0.240 e. The minimum Gasteiger partial charge on any atom is -0.468 e. The maximum absolute atomic E-state index is 13.1. The molecule has 0 unspecified atom stereocenters. The molecule has 2 aromatic carbocycles. The predicted molar refractivity (Wildman–Crippen MR) is 121 cm³/mol. The molecule has 0 aliphatic heterocycles. The molecule has 4 aromatic rings. The molecule has 4 rings (SSSR count). The Bertz CT molecular complexity index is 1350. The van der Waals surface area contributed by atoms with Crippen LogP contribution < -0.4 is 9.46 Å². The topological polar surface area (TPSA) is 103 Å². The van der Waals surface area contributed by atoms with Crippen LogP contribution in [0.25, 0.3) is 0 Å². The summed E-state index contributed by atoms with van der Waals surface area (Å²) in [6, 6.07) is 21.2. The molecule has 0 aliphatic carbocycles. The van der Waals surface area contributed by atoms with Crippen LogP contribution in [-0.2, 0) is 19.9 Å². The zero-order valence-electron chi connectivity index (χ0n) is 16.6. The molecule has 2 aromatic heterocycles. The van der Waals surface area contributed by atoms with Gasteiger partial charge in [0.2, 0.25) is 10.0 Å². The zero-order valence-corrected chi connectivity index (χ0v) is 19.1. The fraction of sp³-hybridized carbons (Fsp3) is 0.0909. The van der Waals surface area contributed by atoms with Crippen molar-refractivity contribution in [3.63, 3.8) is 0 Å². The lowest BCUT2D eigenvalue weighted by atomic mass is 10.3. The van der Waals surface area contributed by atoms with Gasteiger partial charge in [-0.3, -0.25) is 0 Å². The van der Waals surface area contributed by atoms with Crippen LogP contribution in [0.5, 0.6) is 11.5 Å². The summed E-state index contributed by atoms with van der Waals surface area (Å²) >= 11 is 1.07. The Hall–Kier alpha value is -2.92. The number of hydrogen-bond acceptors (Lipinski definition) is 7. The van der Waals surface area contributed by atoms with Crippen LogP contribution in [0.4, 0.5) is 0 Å². The van der Waals surface area contributed by atoms with Crippen LogP contribution in [0.15, 0.2) is 104 Å². The highest BCUT2D eigenvalue weighted by Crippen LogP contribution is 2.32. The molecule has 7 nitrogen and oxygen atoms in total. The molecule has 0 bridgehead atoms. The van der Waals surface area contributed by atoms with Gasteiger partial charge >= 0.3 is 0 Å². The van der Waals surface area contributed by atoms with Gasteiger partial charge in [0.15, 0.2) is 9.84 Å². The molecule has 10 heteroatoms. The summed E-state index contributed by atoms with van der Waals surface area (Å²) in [7, 11) is -7.82. The van der Waals surface area contributed by atoms with E-state index in [-0.39, 0.29) is 21.4 Å². The third kappa shape index (κ3) is 4.94. The van der Waals surface area contributed by atoms with Gasteiger partial charge in [-0.15, -0.1) is 11.3 Å². The van der Waals surface area contributed by atoms with Crippen LogP contribution in [0.2, 0.25) is 0 Å². The van der Waals surface area contributed by atoms with Crippen LogP contribution in [0.1, 0.15) is 11.0 Å². The number of benzene rings is 2. The smallest absolute Gasteiger partial charge is 0.240 e. The molecule has 0 fully saturated rings. The molecule has 32 heavy (non-hydrogen) atoms. The van der Waals surface area contributed by atoms with Crippen LogP contribution in [0.3, 0.4) is 0 Å². The summed E-state index contributed by atoms with van der Waals surface area (Å²) in [6.45, 7) is -0.377. The molecule has 0 saturated carbocycles. The van der Waals surface area contributed by atoms with Crippen molar-refractivity contribution in [2.75, 3.05) is 6.54 Å². The Morgan fingerprint density at radius 2 is 1.56 bits per heavy atom. The fourth-order valence-corrected chi connectivity index (χ4v) is 6.93. The first kappa shape index (κ1) is 22.3. The van der Waals surface area contributed by atoms with E-state index in [1.807, 2.05) is 18.2 Å². The first-order valence-electron chi connectivity index (χ1n) is 9.50. The Morgan fingerprint density at radius 3 is 2.19 bits per heavy atom. The van der Waals surface area contributed by atoms with E-state index in [2.05, 4.69) is 4.72 Å². The number of ether oxygens (including phenoxy) is 1.